The highest BCUT2D eigenvalue weighted by molar-refractivity contribution is 5.97. The van der Waals surface area contributed by atoms with E-state index in [9.17, 15) is 9.59 Å². The maximum atomic E-state index is 12.9. The minimum absolute atomic E-state index is 0.0777. The van der Waals surface area contributed by atoms with Crippen molar-refractivity contribution in [2.45, 2.75) is 38.6 Å². The maximum absolute atomic E-state index is 12.9. The molecule has 25 heavy (non-hydrogen) atoms. The SMILES string of the molecule is CCCN1C(=O)CC[C@H]2CN(C(=O)c3ccc4nc[nH]c4c3)CC[C@H]21. The van der Waals surface area contributed by atoms with E-state index in [0.29, 0.717) is 30.5 Å². The van der Waals surface area contributed by atoms with Crippen LogP contribution in [0.2, 0.25) is 0 Å². The van der Waals surface area contributed by atoms with E-state index >= 15 is 0 Å². The van der Waals surface area contributed by atoms with E-state index in [1.807, 2.05) is 23.1 Å². The van der Waals surface area contributed by atoms with Crippen LogP contribution in [0, 0.1) is 5.92 Å². The molecule has 0 saturated carbocycles. The fourth-order valence-electron chi connectivity index (χ4n) is 4.32. The Bertz CT molecular complexity index is 800. The van der Waals surface area contributed by atoms with Crippen LogP contribution in [0.3, 0.4) is 0 Å². The van der Waals surface area contributed by atoms with Crippen molar-refractivity contribution in [2.75, 3.05) is 19.6 Å². The van der Waals surface area contributed by atoms with Crippen LogP contribution in [-0.4, -0.2) is 57.3 Å². The molecule has 3 heterocycles. The van der Waals surface area contributed by atoms with Crippen molar-refractivity contribution < 1.29 is 9.59 Å². The third kappa shape index (κ3) is 2.90. The number of aromatic nitrogens is 2. The number of likely N-dealkylation sites (tertiary alicyclic amines) is 2. The molecule has 0 bridgehead atoms. The Morgan fingerprint density at radius 1 is 1.36 bits per heavy atom. The first-order valence-corrected chi connectivity index (χ1v) is 9.19. The van der Waals surface area contributed by atoms with E-state index < -0.39 is 0 Å². The zero-order valence-corrected chi connectivity index (χ0v) is 14.6. The first-order chi connectivity index (χ1) is 12.2. The fraction of sp³-hybridized carbons (Fsp3) is 0.526. The Kier molecular flexibility index (Phi) is 4.19. The summed E-state index contributed by atoms with van der Waals surface area (Å²) < 4.78 is 0. The highest BCUT2D eigenvalue weighted by Crippen LogP contribution is 2.32. The summed E-state index contributed by atoms with van der Waals surface area (Å²) in [6, 6.07) is 5.92. The highest BCUT2D eigenvalue weighted by atomic mass is 16.2. The molecule has 2 aliphatic rings. The van der Waals surface area contributed by atoms with Gasteiger partial charge in [-0.3, -0.25) is 9.59 Å². The van der Waals surface area contributed by atoms with E-state index in [0.717, 1.165) is 43.4 Å². The minimum atomic E-state index is 0.0777. The number of H-pyrrole nitrogens is 1. The van der Waals surface area contributed by atoms with Gasteiger partial charge in [0.25, 0.3) is 5.91 Å². The van der Waals surface area contributed by atoms with Crippen molar-refractivity contribution in [3.05, 3.63) is 30.1 Å². The van der Waals surface area contributed by atoms with E-state index in [1.165, 1.54) is 0 Å². The summed E-state index contributed by atoms with van der Waals surface area (Å²) >= 11 is 0. The van der Waals surface area contributed by atoms with Crippen molar-refractivity contribution in [1.29, 1.82) is 0 Å². The van der Waals surface area contributed by atoms with Crippen molar-refractivity contribution in [3.8, 4) is 0 Å². The Morgan fingerprint density at radius 3 is 3.08 bits per heavy atom. The number of hydrogen-bond acceptors (Lipinski definition) is 3. The molecular weight excluding hydrogens is 316 g/mol. The number of benzene rings is 1. The van der Waals surface area contributed by atoms with Crippen LogP contribution in [0.1, 0.15) is 43.0 Å². The molecule has 0 unspecified atom stereocenters. The molecule has 2 aromatic rings. The fourth-order valence-corrected chi connectivity index (χ4v) is 4.32. The molecule has 132 valence electrons. The van der Waals surface area contributed by atoms with Gasteiger partial charge in [0.2, 0.25) is 5.91 Å². The standard InChI is InChI=1S/C19H24N4O2/c1-2-8-23-17-7-9-22(11-14(17)4-6-18(23)24)19(25)13-3-5-15-16(10-13)21-12-20-15/h3,5,10,12,14,17H,2,4,6-9,11H2,1H3,(H,20,21)/t14-,17+/m0/s1. The second-order valence-electron chi connectivity index (χ2n) is 7.13. The minimum Gasteiger partial charge on any atom is -0.345 e. The van der Waals surface area contributed by atoms with Crippen molar-refractivity contribution in [1.82, 2.24) is 19.8 Å². The summed E-state index contributed by atoms with van der Waals surface area (Å²) in [5.41, 5.74) is 2.46. The molecule has 2 fully saturated rings. The largest absolute Gasteiger partial charge is 0.345 e. The maximum Gasteiger partial charge on any atom is 0.253 e. The molecule has 0 spiro atoms. The summed E-state index contributed by atoms with van der Waals surface area (Å²) in [5, 5.41) is 0. The van der Waals surface area contributed by atoms with Crippen LogP contribution >= 0.6 is 0 Å². The van der Waals surface area contributed by atoms with Gasteiger partial charge in [0, 0.05) is 37.7 Å². The Morgan fingerprint density at radius 2 is 2.24 bits per heavy atom. The van der Waals surface area contributed by atoms with Crippen molar-refractivity contribution in [2.24, 2.45) is 5.92 Å². The summed E-state index contributed by atoms with van der Waals surface area (Å²) in [4.78, 5) is 36.4. The number of piperidine rings is 2. The molecule has 0 aliphatic carbocycles. The lowest BCUT2D eigenvalue weighted by Crippen LogP contribution is -2.57. The van der Waals surface area contributed by atoms with E-state index in [1.54, 1.807) is 6.33 Å². The molecule has 6 nitrogen and oxygen atoms in total. The molecule has 0 radical (unpaired) electrons. The normalized spacial score (nSPS) is 23.8. The van der Waals surface area contributed by atoms with E-state index in [4.69, 9.17) is 0 Å². The van der Waals surface area contributed by atoms with Crippen LogP contribution in [0.5, 0.6) is 0 Å². The lowest BCUT2D eigenvalue weighted by atomic mass is 9.83. The average molecular weight is 340 g/mol. The van der Waals surface area contributed by atoms with Gasteiger partial charge < -0.3 is 14.8 Å². The number of fused-ring (bicyclic) bond motifs is 2. The van der Waals surface area contributed by atoms with Crippen molar-refractivity contribution in [3.63, 3.8) is 0 Å². The zero-order valence-electron chi connectivity index (χ0n) is 14.6. The highest BCUT2D eigenvalue weighted by Gasteiger charge is 2.40. The third-order valence-corrected chi connectivity index (χ3v) is 5.56. The van der Waals surface area contributed by atoms with E-state index in [-0.39, 0.29) is 11.8 Å². The smallest absolute Gasteiger partial charge is 0.253 e. The quantitative estimate of drug-likeness (QED) is 0.933. The predicted octanol–water partition coefficient (Wildman–Crippen LogP) is 2.43. The monoisotopic (exact) mass is 340 g/mol. The number of imidazole rings is 1. The summed E-state index contributed by atoms with van der Waals surface area (Å²) in [6.45, 7) is 4.41. The van der Waals surface area contributed by atoms with Crippen LogP contribution < -0.4 is 0 Å². The molecule has 2 saturated heterocycles. The number of hydrogen-bond donors (Lipinski definition) is 1. The first-order valence-electron chi connectivity index (χ1n) is 9.19. The van der Waals surface area contributed by atoms with Gasteiger partial charge in [-0.05, 0) is 43.4 Å². The molecule has 2 atom stereocenters. The van der Waals surface area contributed by atoms with Gasteiger partial charge >= 0.3 is 0 Å². The number of amides is 2. The number of rotatable bonds is 3. The number of nitrogens with zero attached hydrogens (tertiary/aromatic N) is 3. The van der Waals surface area contributed by atoms with Gasteiger partial charge in [-0.15, -0.1) is 0 Å². The molecule has 1 N–H and O–H groups in total. The molecule has 2 aliphatic heterocycles. The number of nitrogens with one attached hydrogen (secondary N) is 1. The van der Waals surface area contributed by atoms with Gasteiger partial charge in [0.1, 0.15) is 0 Å². The lowest BCUT2D eigenvalue weighted by molar-refractivity contribution is -0.140. The zero-order chi connectivity index (χ0) is 17.4. The second kappa shape index (κ2) is 6.50. The molecular formula is C19H24N4O2. The van der Waals surface area contributed by atoms with Crippen LogP contribution in [0.15, 0.2) is 24.5 Å². The summed E-state index contributed by atoms with van der Waals surface area (Å²) in [7, 11) is 0. The molecule has 4 rings (SSSR count). The molecule has 2 amide bonds. The Labute approximate surface area is 147 Å². The van der Waals surface area contributed by atoms with E-state index in [2.05, 4.69) is 21.8 Å². The summed E-state index contributed by atoms with van der Waals surface area (Å²) in [5.74, 6) is 0.763. The summed E-state index contributed by atoms with van der Waals surface area (Å²) in [6.07, 6.45) is 5.03. The second-order valence-corrected chi connectivity index (χ2v) is 7.13. The molecule has 6 heteroatoms. The predicted molar refractivity (Wildman–Crippen MR) is 95.1 cm³/mol. The van der Waals surface area contributed by atoms with Gasteiger partial charge in [-0.2, -0.15) is 0 Å². The van der Waals surface area contributed by atoms with Crippen molar-refractivity contribution >= 4 is 22.8 Å². The first kappa shape index (κ1) is 16.1. The van der Waals surface area contributed by atoms with Gasteiger partial charge in [0.05, 0.1) is 17.4 Å². The average Bonchev–Trinajstić information content (AvgIpc) is 3.11. The lowest BCUT2D eigenvalue weighted by Gasteiger charge is -2.47. The van der Waals surface area contributed by atoms with Gasteiger partial charge in [-0.1, -0.05) is 6.92 Å². The Balaban J connectivity index is 1.49. The topological polar surface area (TPSA) is 69.3 Å². The van der Waals surface area contributed by atoms with Crippen LogP contribution in [0.4, 0.5) is 0 Å². The van der Waals surface area contributed by atoms with Gasteiger partial charge in [0.15, 0.2) is 0 Å². The number of aromatic amines is 1. The van der Waals surface area contributed by atoms with Crippen LogP contribution in [-0.2, 0) is 4.79 Å². The van der Waals surface area contributed by atoms with Crippen LogP contribution in [0.25, 0.3) is 11.0 Å². The molecule has 1 aromatic heterocycles. The number of carbonyl (C=O) groups excluding carboxylic acids is 2. The van der Waals surface area contributed by atoms with Gasteiger partial charge in [-0.25, -0.2) is 4.98 Å². The third-order valence-electron chi connectivity index (χ3n) is 5.56. The number of carbonyl (C=O) groups is 2. The molecule has 1 aromatic carbocycles. The Hall–Kier alpha value is -2.37.